The van der Waals surface area contributed by atoms with E-state index in [1.165, 1.54) is 6.33 Å². The lowest BCUT2D eigenvalue weighted by atomic mass is 10.0. The molecule has 6 rings (SSSR count). The molecule has 2 fully saturated rings. The molecule has 0 spiro atoms. The van der Waals surface area contributed by atoms with Crippen LogP contribution in [0.4, 0.5) is 17.3 Å². The van der Waals surface area contributed by atoms with E-state index in [-0.39, 0.29) is 17.8 Å². The van der Waals surface area contributed by atoms with E-state index in [4.69, 9.17) is 18.3 Å². The number of piperidine rings is 1. The number of anilines is 3. The van der Waals surface area contributed by atoms with Gasteiger partial charge in [-0.15, -0.1) is 5.10 Å². The largest absolute Gasteiger partial charge is 0.495 e. The second-order valence-electron chi connectivity index (χ2n) is 10.9. The van der Waals surface area contributed by atoms with Crippen LogP contribution < -0.4 is 19.7 Å². The highest BCUT2D eigenvalue weighted by Gasteiger charge is 2.26. The van der Waals surface area contributed by atoms with Crippen molar-refractivity contribution >= 4 is 17.3 Å². The van der Waals surface area contributed by atoms with E-state index in [1.807, 2.05) is 19.1 Å². The number of ether oxygens (including phenoxy) is 3. The summed E-state index contributed by atoms with van der Waals surface area (Å²) in [6.45, 7) is 7.57. The van der Waals surface area contributed by atoms with Gasteiger partial charge in [-0.05, 0) is 66.1 Å². The number of tetrazole rings is 1. The number of hydrogen-bond donors (Lipinski definition) is 1. The van der Waals surface area contributed by atoms with Gasteiger partial charge in [0.25, 0.3) is 0 Å². The summed E-state index contributed by atoms with van der Waals surface area (Å²) in [4.78, 5) is 13.8. The molecule has 13 heteroatoms. The molecular weight excluding hydrogens is 560 g/mol. The molecule has 1 atom stereocenters. The van der Waals surface area contributed by atoms with Crippen LogP contribution in [0.1, 0.15) is 29.4 Å². The Kier molecular flexibility index (Phi) is 7.97. The molecule has 2 aliphatic rings. The average molecular weight is 600 g/mol. The highest BCUT2D eigenvalue weighted by molar-refractivity contribution is 5.71. The topological polar surface area (TPSA) is 139 Å². The van der Waals surface area contributed by atoms with Gasteiger partial charge in [-0.25, -0.2) is 14.6 Å². The fraction of sp³-hybridized carbons (Fsp3) is 0.419. The first-order chi connectivity index (χ1) is 22.7. The van der Waals surface area contributed by atoms with Crippen molar-refractivity contribution in [3.05, 3.63) is 60.7 Å². The number of nitrogens with one attached hydrogen (secondary N) is 1. The Balaban J connectivity index is 1.16. The molecule has 0 aliphatic carbocycles. The van der Waals surface area contributed by atoms with Gasteiger partial charge in [0, 0.05) is 55.9 Å². The van der Waals surface area contributed by atoms with Crippen LogP contribution in [0.15, 0.2) is 55.1 Å². The highest BCUT2D eigenvalue weighted by Crippen LogP contribution is 2.34. The predicted octanol–water partition coefficient (Wildman–Crippen LogP) is 3.52. The summed E-state index contributed by atoms with van der Waals surface area (Å²) in [6, 6.07) is 13.4. The maximum Gasteiger partial charge on any atom is 0.227 e. The summed E-state index contributed by atoms with van der Waals surface area (Å²) in [6.07, 6.45) is 6.58. The zero-order valence-corrected chi connectivity index (χ0v) is 24.5. The quantitative estimate of drug-likeness (QED) is 0.285. The van der Waals surface area contributed by atoms with Crippen molar-refractivity contribution in [2.24, 2.45) is 0 Å². The van der Waals surface area contributed by atoms with E-state index in [9.17, 15) is 5.26 Å². The second-order valence-corrected chi connectivity index (χ2v) is 10.9. The monoisotopic (exact) mass is 599 g/mol. The van der Waals surface area contributed by atoms with Gasteiger partial charge in [0.2, 0.25) is 5.95 Å². The third-order valence-corrected chi connectivity index (χ3v) is 7.96. The van der Waals surface area contributed by atoms with Crippen molar-refractivity contribution in [1.29, 1.82) is 5.26 Å². The molecule has 44 heavy (non-hydrogen) atoms. The third kappa shape index (κ3) is 6.88. The van der Waals surface area contributed by atoms with E-state index in [0.29, 0.717) is 35.2 Å². The Labute approximate surface area is 260 Å². The molecule has 0 radical (unpaired) electrons. The van der Waals surface area contributed by atoms with E-state index in [1.54, 1.807) is 41.3 Å². The number of aromatic nitrogens is 6. The summed E-state index contributed by atoms with van der Waals surface area (Å²) in [7, 11) is -2.63. The smallest absolute Gasteiger partial charge is 0.227 e. The molecule has 1 N–H and O–H groups in total. The average Bonchev–Trinajstić information content (AvgIpc) is 3.59. The number of nitrogens with zero attached hydrogens (tertiary/aromatic N) is 9. The molecule has 0 unspecified atom stereocenters. The molecule has 13 nitrogen and oxygen atoms in total. The Morgan fingerprint density at radius 2 is 1.89 bits per heavy atom. The van der Waals surface area contributed by atoms with Crippen molar-refractivity contribution in [2.75, 3.05) is 56.6 Å². The van der Waals surface area contributed by atoms with E-state index < -0.39 is 7.04 Å². The van der Waals surface area contributed by atoms with Gasteiger partial charge in [0.1, 0.15) is 30.0 Å². The molecule has 0 amide bonds. The molecule has 2 saturated heterocycles. The third-order valence-electron chi connectivity index (χ3n) is 7.96. The highest BCUT2D eigenvalue weighted by atomic mass is 16.5. The first-order valence-electron chi connectivity index (χ1n) is 16.1. The number of morpholine rings is 1. The Bertz CT molecular complexity index is 1670. The predicted molar refractivity (Wildman–Crippen MR) is 164 cm³/mol. The van der Waals surface area contributed by atoms with Crippen LogP contribution in [0.2, 0.25) is 0 Å². The van der Waals surface area contributed by atoms with Gasteiger partial charge in [0.05, 0.1) is 42.2 Å². The van der Waals surface area contributed by atoms with Gasteiger partial charge >= 0.3 is 0 Å². The van der Waals surface area contributed by atoms with Gasteiger partial charge in [0.15, 0.2) is 0 Å². The molecule has 2 aromatic carbocycles. The standard InChI is InChI=1S/C31H36N10O3/c1-22(20-41-21-35-37-38-41)44-30-15-23(3-4-24(30)17-32)25-18-33-31(34-19-25)36-28-16-27(5-6-29(28)42-2)39-9-7-26(8-10-39)40-11-13-43-14-12-40/h3-6,15-16,18-19,21-22,26H,7-14,20H2,1-2H3,(H,33,34,36)/t22-/m0/s1/i2D3. The van der Waals surface area contributed by atoms with Gasteiger partial charge in [-0.3, -0.25) is 4.90 Å². The van der Waals surface area contributed by atoms with Crippen molar-refractivity contribution in [3.8, 4) is 28.7 Å². The molecule has 0 saturated carbocycles. The maximum atomic E-state index is 9.63. The van der Waals surface area contributed by atoms with Gasteiger partial charge in [-0.1, -0.05) is 6.07 Å². The van der Waals surface area contributed by atoms with Crippen molar-refractivity contribution in [1.82, 2.24) is 35.1 Å². The molecular formula is C31H36N10O3. The Morgan fingerprint density at radius 3 is 2.61 bits per heavy atom. The van der Waals surface area contributed by atoms with Crippen LogP contribution in [-0.4, -0.2) is 93.7 Å². The molecule has 228 valence electrons. The lowest BCUT2D eigenvalue weighted by Gasteiger charge is -2.41. The van der Waals surface area contributed by atoms with Crippen LogP contribution in [0.3, 0.4) is 0 Å². The fourth-order valence-corrected chi connectivity index (χ4v) is 5.67. The van der Waals surface area contributed by atoms with Crippen molar-refractivity contribution < 1.29 is 18.3 Å². The number of benzene rings is 2. The second kappa shape index (κ2) is 13.7. The van der Waals surface area contributed by atoms with E-state index in [0.717, 1.165) is 63.5 Å². The normalized spacial score (nSPS) is 18.0. The Hall–Kier alpha value is -4.80. The summed E-state index contributed by atoms with van der Waals surface area (Å²) < 4.78 is 41.5. The number of methoxy groups -OCH3 is 1. The van der Waals surface area contributed by atoms with Crippen LogP contribution in [-0.2, 0) is 11.3 Å². The van der Waals surface area contributed by atoms with Gasteiger partial charge in [-0.2, -0.15) is 5.26 Å². The lowest BCUT2D eigenvalue weighted by molar-refractivity contribution is 0.0115. The molecule has 4 heterocycles. The number of nitriles is 1. The van der Waals surface area contributed by atoms with Crippen molar-refractivity contribution in [3.63, 3.8) is 0 Å². The van der Waals surface area contributed by atoms with Crippen LogP contribution in [0.5, 0.6) is 11.5 Å². The Morgan fingerprint density at radius 1 is 1.07 bits per heavy atom. The number of rotatable bonds is 10. The zero-order valence-electron chi connectivity index (χ0n) is 27.5. The maximum absolute atomic E-state index is 9.63. The summed E-state index contributed by atoms with van der Waals surface area (Å²) in [5.41, 5.74) is 3.26. The van der Waals surface area contributed by atoms with Crippen molar-refractivity contribution in [2.45, 2.75) is 38.5 Å². The van der Waals surface area contributed by atoms with Crippen LogP contribution in [0, 0.1) is 11.3 Å². The molecule has 2 aliphatic heterocycles. The van der Waals surface area contributed by atoms with Crippen LogP contribution in [0.25, 0.3) is 11.1 Å². The zero-order chi connectivity index (χ0) is 32.8. The fourth-order valence-electron chi connectivity index (χ4n) is 5.67. The first-order valence-corrected chi connectivity index (χ1v) is 14.6. The first kappa shape index (κ1) is 25.7. The SMILES string of the molecule is [2H]C([2H])([2H])Oc1ccc(N2CCC(N3CCOCC3)CC2)cc1Nc1ncc(-c2ccc(C#N)c(O[C@@H](C)Cn3cnnn3)c2)cn1. The molecule has 4 aromatic rings. The summed E-state index contributed by atoms with van der Waals surface area (Å²) in [5, 5.41) is 23.9. The van der Waals surface area contributed by atoms with E-state index in [2.05, 4.69) is 46.7 Å². The van der Waals surface area contributed by atoms with Gasteiger partial charge < -0.3 is 24.4 Å². The molecule has 0 bridgehead atoms. The van der Waals surface area contributed by atoms with E-state index >= 15 is 0 Å². The minimum atomic E-state index is -2.63. The summed E-state index contributed by atoms with van der Waals surface area (Å²) >= 11 is 0. The summed E-state index contributed by atoms with van der Waals surface area (Å²) in [5.74, 6) is 0.867. The van der Waals surface area contributed by atoms with Crippen LogP contribution >= 0.6 is 0 Å². The minimum Gasteiger partial charge on any atom is -0.495 e. The minimum absolute atomic E-state index is 0.175. The number of hydrogen-bond acceptors (Lipinski definition) is 12. The lowest BCUT2D eigenvalue weighted by Crippen LogP contribution is -2.49. The molecule has 2 aromatic heterocycles.